The highest BCUT2D eigenvalue weighted by Gasteiger charge is 2.25. The summed E-state index contributed by atoms with van der Waals surface area (Å²) in [4.78, 5) is 22.4. The first-order valence-electron chi connectivity index (χ1n) is 9.25. The van der Waals surface area contributed by atoms with Crippen LogP contribution in [0.2, 0.25) is 0 Å². The van der Waals surface area contributed by atoms with Gasteiger partial charge in [0.1, 0.15) is 0 Å². The van der Waals surface area contributed by atoms with Crippen LogP contribution in [0, 0.1) is 0 Å². The van der Waals surface area contributed by atoms with Crippen LogP contribution in [0.25, 0.3) is 11.4 Å². The summed E-state index contributed by atoms with van der Waals surface area (Å²) in [5.41, 5.74) is 1.45. The summed E-state index contributed by atoms with van der Waals surface area (Å²) in [6, 6.07) is 10.2. The molecule has 0 aliphatic heterocycles. The van der Waals surface area contributed by atoms with E-state index in [0.717, 1.165) is 31.2 Å². The molecule has 1 aliphatic rings. The van der Waals surface area contributed by atoms with Crippen LogP contribution in [-0.4, -0.2) is 48.4 Å². The molecule has 9 heteroatoms. The largest absolute Gasteiger partial charge is 0.349 e. The molecule has 1 fully saturated rings. The maximum absolute atomic E-state index is 12.4. The van der Waals surface area contributed by atoms with Gasteiger partial charge >= 0.3 is 0 Å². The normalized spacial score (nSPS) is 19.3. The fourth-order valence-electron chi connectivity index (χ4n) is 3.34. The molecule has 0 radical (unpaired) electrons. The second-order valence-corrected chi connectivity index (χ2v) is 7.51. The molecular formula is C19H21N7OS. The van der Waals surface area contributed by atoms with Crippen molar-refractivity contribution < 1.29 is 4.79 Å². The number of thioether (sulfide) groups is 1. The van der Waals surface area contributed by atoms with Gasteiger partial charge in [0.15, 0.2) is 5.16 Å². The van der Waals surface area contributed by atoms with Crippen LogP contribution < -0.4 is 5.32 Å². The number of carbonyl (C=O) groups is 1. The predicted octanol–water partition coefficient (Wildman–Crippen LogP) is 2.77. The first-order chi connectivity index (χ1) is 13.7. The topological polar surface area (TPSA) is 98.5 Å². The monoisotopic (exact) mass is 395 g/mol. The lowest BCUT2D eigenvalue weighted by Crippen LogP contribution is -2.38. The summed E-state index contributed by atoms with van der Waals surface area (Å²) < 4.78 is 0. The molecule has 1 saturated carbocycles. The molecule has 3 aromatic rings. The van der Waals surface area contributed by atoms with E-state index >= 15 is 0 Å². The van der Waals surface area contributed by atoms with Gasteiger partial charge in [-0.05, 0) is 37.2 Å². The van der Waals surface area contributed by atoms with E-state index < -0.39 is 0 Å². The molecule has 8 nitrogen and oxygen atoms in total. The van der Waals surface area contributed by atoms with Crippen LogP contribution in [0.4, 0.5) is 0 Å². The number of hydrogen-bond acceptors (Lipinski definition) is 7. The number of tetrazole rings is 1. The van der Waals surface area contributed by atoms with Gasteiger partial charge in [-0.1, -0.05) is 42.1 Å². The minimum Gasteiger partial charge on any atom is -0.349 e. The van der Waals surface area contributed by atoms with Crippen LogP contribution in [0.5, 0.6) is 0 Å². The number of nitrogens with one attached hydrogen (secondary N) is 1. The van der Waals surface area contributed by atoms with Crippen molar-refractivity contribution in [2.45, 2.75) is 42.9 Å². The third-order valence-corrected chi connectivity index (χ3v) is 5.47. The lowest BCUT2D eigenvalue weighted by molar-refractivity contribution is 0.0919. The van der Waals surface area contributed by atoms with E-state index in [9.17, 15) is 4.79 Å². The summed E-state index contributed by atoms with van der Waals surface area (Å²) in [7, 11) is 0. The lowest BCUT2D eigenvalue weighted by Gasteiger charge is -2.28. The van der Waals surface area contributed by atoms with Gasteiger partial charge in [-0.15, -0.1) is 10.2 Å². The Labute approximate surface area is 167 Å². The molecule has 1 amide bonds. The standard InChI is InChI=1S/C19H21N7OS/c1-28-19-20-11-14(12-21-19)18(27)22-15-7-9-16(10-8-15)26-24-17(23-25-26)13-5-3-2-4-6-13/h2-6,11-12,15-16H,7-10H2,1H3,(H,22,27). The fraction of sp³-hybridized carbons (Fsp3) is 0.368. The van der Waals surface area contributed by atoms with Gasteiger partial charge in [0.25, 0.3) is 5.91 Å². The molecule has 0 unspecified atom stereocenters. The Kier molecular flexibility index (Phi) is 5.61. The smallest absolute Gasteiger partial charge is 0.254 e. The van der Waals surface area contributed by atoms with Crippen LogP contribution in [-0.2, 0) is 0 Å². The van der Waals surface area contributed by atoms with Gasteiger partial charge in [0, 0.05) is 24.0 Å². The molecule has 1 aromatic carbocycles. The molecule has 0 atom stereocenters. The third kappa shape index (κ3) is 4.19. The second-order valence-electron chi connectivity index (χ2n) is 6.74. The highest BCUT2D eigenvalue weighted by Crippen LogP contribution is 2.28. The molecule has 144 valence electrons. The average molecular weight is 395 g/mol. The Morgan fingerprint density at radius 2 is 1.82 bits per heavy atom. The van der Waals surface area contributed by atoms with E-state index in [1.165, 1.54) is 11.8 Å². The molecule has 1 aliphatic carbocycles. The summed E-state index contributed by atoms with van der Waals surface area (Å²) in [5.74, 6) is 0.520. The third-order valence-electron chi connectivity index (χ3n) is 4.89. The molecular weight excluding hydrogens is 374 g/mol. The van der Waals surface area contributed by atoms with E-state index in [4.69, 9.17) is 0 Å². The van der Waals surface area contributed by atoms with Crippen LogP contribution in [0.1, 0.15) is 42.1 Å². The molecule has 0 bridgehead atoms. The number of hydrogen-bond donors (Lipinski definition) is 1. The van der Waals surface area contributed by atoms with Crippen molar-refractivity contribution in [3.8, 4) is 11.4 Å². The Bertz CT molecular complexity index is 921. The van der Waals surface area contributed by atoms with Crippen molar-refractivity contribution in [2.24, 2.45) is 0 Å². The van der Waals surface area contributed by atoms with Crippen LogP contribution in [0.15, 0.2) is 47.9 Å². The Morgan fingerprint density at radius 1 is 1.11 bits per heavy atom. The van der Waals surface area contributed by atoms with Gasteiger partial charge in [-0.3, -0.25) is 4.79 Å². The highest BCUT2D eigenvalue weighted by molar-refractivity contribution is 7.98. The summed E-state index contributed by atoms with van der Waals surface area (Å²) in [6.07, 6.45) is 8.61. The van der Waals surface area contributed by atoms with E-state index in [2.05, 4.69) is 30.7 Å². The van der Waals surface area contributed by atoms with Gasteiger partial charge in [-0.2, -0.15) is 4.80 Å². The van der Waals surface area contributed by atoms with Crippen molar-refractivity contribution in [2.75, 3.05) is 6.26 Å². The average Bonchev–Trinajstić information content (AvgIpc) is 3.25. The quantitative estimate of drug-likeness (QED) is 0.524. The molecule has 28 heavy (non-hydrogen) atoms. The maximum atomic E-state index is 12.4. The van der Waals surface area contributed by atoms with Crippen molar-refractivity contribution in [1.82, 2.24) is 35.5 Å². The van der Waals surface area contributed by atoms with Crippen molar-refractivity contribution in [3.05, 3.63) is 48.3 Å². The molecule has 2 aromatic heterocycles. The molecule has 0 saturated heterocycles. The van der Waals surface area contributed by atoms with Gasteiger partial charge in [-0.25, -0.2) is 9.97 Å². The van der Waals surface area contributed by atoms with E-state index in [0.29, 0.717) is 16.5 Å². The molecule has 0 spiro atoms. The minimum absolute atomic E-state index is 0.124. The maximum Gasteiger partial charge on any atom is 0.254 e. The first-order valence-corrected chi connectivity index (χ1v) is 10.5. The van der Waals surface area contributed by atoms with Crippen molar-refractivity contribution >= 4 is 17.7 Å². The second kappa shape index (κ2) is 8.47. The number of aromatic nitrogens is 6. The zero-order valence-electron chi connectivity index (χ0n) is 15.5. The predicted molar refractivity (Wildman–Crippen MR) is 106 cm³/mol. The van der Waals surface area contributed by atoms with E-state index in [1.807, 2.05) is 36.6 Å². The van der Waals surface area contributed by atoms with Gasteiger partial charge in [0.2, 0.25) is 5.82 Å². The Hall–Kier alpha value is -2.81. The number of nitrogens with zero attached hydrogens (tertiary/aromatic N) is 6. The molecule has 4 rings (SSSR count). The van der Waals surface area contributed by atoms with Crippen LogP contribution in [0.3, 0.4) is 0 Å². The fourth-order valence-corrected chi connectivity index (χ4v) is 3.66. The number of carbonyl (C=O) groups excluding carboxylic acids is 1. The summed E-state index contributed by atoms with van der Waals surface area (Å²) >= 11 is 1.45. The number of rotatable bonds is 5. The van der Waals surface area contributed by atoms with Crippen LogP contribution >= 0.6 is 11.8 Å². The minimum atomic E-state index is -0.124. The zero-order chi connectivity index (χ0) is 19.3. The van der Waals surface area contributed by atoms with Crippen molar-refractivity contribution in [3.63, 3.8) is 0 Å². The lowest BCUT2D eigenvalue weighted by atomic mass is 9.91. The zero-order valence-corrected chi connectivity index (χ0v) is 16.3. The molecule has 2 heterocycles. The Balaban J connectivity index is 1.32. The van der Waals surface area contributed by atoms with E-state index in [1.54, 1.807) is 17.2 Å². The van der Waals surface area contributed by atoms with Gasteiger partial charge in [0.05, 0.1) is 11.6 Å². The van der Waals surface area contributed by atoms with Gasteiger partial charge < -0.3 is 5.32 Å². The van der Waals surface area contributed by atoms with Crippen molar-refractivity contribution in [1.29, 1.82) is 0 Å². The summed E-state index contributed by atoms with van der Waals surface area (Å²) in [5, 5.41) is 16.7. The summed E-state index contributed by atoms with van der Waals surface area (Å²) in [6.45, 7) is 0. The molecule has 1 N–H and O–H groups in total. The Morgan fingerprint density at radius 3 is 2.50 bits per heavy atom. The first kappa shape index (κ1) is 18.5. The highest BCUT2D eigenvalue weighted by atomic mass is 32.2. The number of benzene rings is 1. The SMILES string of the molecule is CSc1ncc(C(=O)NC2CCC(n3nnc(-c4ccccc4)n3)CC2)cn1. The number of amides is 1. The van der Waals surface area contributed by atoms with E-state index in [-0.39, 0.29) is 18.0 Å².